The van der Waals surface area contributed by atoms with Crippen LogP contribution >= 0.6 is 0 Å². The standard InChI is InChI=1S/C12H20N4O/c1-2-5-14-10(3-1)12-15-11(17-16-12)7-9-4-6-13-8-9/h9-10,13-14H,1-8H2. The van der Waals surface area contributed by atoms with Gasteiger partial charge in [0.1, 0.15) is 0 Å². The molecule has 2 unspecified atom stereocenters. The number of piperidine rings is 1. The average molecular weight is 236 g/mol. The van der Waals surface area contributed by atoms with E-state index in [0.29, 0.717) is 12.0 Å². The summed E-state index contributed by atoms with van der Waals surface area (Å²) in [7, 11) is 0. The molecule has 1 aromatic rings. The minimum absolute atomic E-state index is 0.308. The fraction of sp³-hybridized carbons (Fsp3) is 0.833. The molecule has 5 nitrogen and oxygen atoms in total. The largest absolute Gasteiger partial charge is 0.339 e. The molecule has 2 N–H and O–H groups in total. The predicted octanol–water partition coefficient (Wildman–Crippen LogP) is 1.04. The van der Waals surface area contributed by atoms with Crippen molar-refractivity contribution in [3.63, 3.8) is 0 Å². The van der Waals surface area contributed by atoms with Crippen LogP contribution in [0.1, 0.15) is 43.4 Å². The molecule has 0 aliphatic carbocycles. The lowest BCUT2D eigenvalue weighted by atomic mass is 10.0. The maximum Gasteiger partial charge on any atom is 0.227 e. The van der Waals surface area contributed by atoms with E-state index in [1.165, 1.54) is 19.3 Å². The molecule has 3 heterocycles. The molecule has 2 aliphatic heterocycles. The SMILES string of the molecule is C1CCC(c2noc(CC3CCNC3)n2)NC1. The van der Waals surface area contributed by atoms with E-state index < -0.39 is 0 Å². The van der Waals surface area contributed by atoms with Gasteiger partial charge >= 0.3 is 0 Å². The highest BCUT2D eigenvalue weighted by Gasteiger charge is 2.22. The van der Waals surface area contributed by atoms with Gasteiger partial charge in [-0.2, -0.15) is 4.98 Å². The lowest BCUT2D eigenvalue weighted by molar-refractivity contribution is 0.338. The summed E-state index contributed by atoms with van der Waals surface area (Å²) in [6, 6.07) is 0.308. The van der Waals surface area contributed by atoms with Gasteiger partial charge < -0.3 is 15.2 Å². The Morgan fingerprint density at radius 3 is 3.00 bits per heavy atom. The van der Waals surface area contributed by atoms with Gasteiger partial charge in [0.15, 0.2) is 5.82 Å². The first-order valence-electron chi connectivity index (χ1n) is 6.68. The lowest BCUT2D eigenvalue weighted by Gasteiger charge is -2.19. The fourth-order valence-corrected chi connectivity index (χ4v) is 2.70. The van der Waals surface area contributed by atoms with Crippen LogP contribution in [0.2, 0.25) is 0 Å². The van der Waals surface area contributed by atoms with Gasteiger partial charge in [0, 0.05) is 6.42 Å². The summed E-state index contributed by atoms with van der Waals surface area (Å²) in [5.41, 5.74) is 0. The second kappa shape index (κ2) is 5.14. The van der Waals surface area contributed by atoms with Crippen molar-refractivity contribution in [3.05, 3.63) is 11.7 Å². The first-order valence-corrected chi connectivity index (χ1v) is 6.68. The van der Waals surface area contributed by atoms with Gasteiger partial charge in [0.2, 0.25) is 5.89 Å². The molecule has 0 aromatic carbocycles. The van der Waals surface area contributed by atoms with Crippen LogP contribution in [0, 0.1) is 5.92 Å². The van der Waals surface area contributed by atoms with Crippen molar-refractivity contribution in [1.82, 2.24) is 20.8 Å². The molecular formula is C12H20N4O. The molecule has 0 saturated carbocycles. The quantitative estimate of drug-likeness (QED) is 0.821. The molecule has 0 radical (unpaired) electrons. The molecule has 2 fully saturated rings. The normalized spacial score (nSPS) is 29.6. The molecule has 3 rings (SSSR count). The van der Waals surface area contributed by atoms with Gasteiger partial charge in [0.25, 0.3) is 0 Å². The molecule has 2 saturated heterocycles. The molecule has 17 heavy (non-hydrogen) atoms. The Kier molecular flexibility index (Phi) is 3.38. The smallest absolute Gasteiger partial charge is 0.227 e. The Morgan fingerprint density at radius 1 is 1.24 bits per heavy atom. The van der Waals surface area contributed by atoms with Gasteiger partial charge in [-0.25, -0.2) is 0 Å². The Bertz CT molecular complexity index is 353. The zero-order valence-corrected chi connectivity index (χ0v) is 10.1. The molecule has 2 aliphatic rings. The highest BCUT2D eigenvalue weighted by atomic mass is 16.5. The number of aromatic nitrogens is 2. The summed E-state index contributed by atoms with van der Waals surface area (Å²) >= 11 is 0. The van der Waals surface area contributed by atoms with Crippen LogP contribution in [0.5, 0.6) is 0 Å². The minimum Gasteiger partial charge on any atom is -0.339 e. The van der Waals surface area contributed by atoms with Crippen LogP contribution < -0.4 is 10.6 Å². The number of hydrogen-bond donors (Lipinski definition) is 2. The number of nitrogens with one attached hydrogen (secondary N) is 2. The summed E-state index contributed by atoms with van der Waals surface area (Å²) in [5.74, 6) is 2.33. The second-order valence-corrected chi connectivity index (χ2v) is 5.11. The van der Waals surface area contributed by atoms with Gasteiger partial charge in [-0.3, -0.25) is 0 Å². The topological polar surface area (TPSA) is 63.0 Å². The Labute approximate surface area is 101 Å². The minimum atomic E-state index is 0.308. The van der Waals surface area contributed by atoms with Crippen LogP contribution in [0.15, 0.2) is 4.52 Å². The van der Waals surface area contributed by atoms with Gasteiger partial charge in [-0.05, 0) is 44.8 Å². The highest BCUT2D eigenvalue weighted by molar-refractivity contribution is 4.96. The molecule has 94 valence electrons. The van der Waals surface area contributed by atoms with E-state index in [4.69, 9.17) is 4.52 Å². The second-order valence-electron chi connectivity index (χ2n) is 5.11. The molecule has 0 amide bonds. The van der Waals surface area contributed by atoms with Gasteiger partial charge in [-0.15, -0.1) is 0 Å². The molecule has 2 atom stereocenters. The van der Waals surface area contributed by atoms with Crippen molar-refractivity contribution < 1.29 is 4.52 Å². The van der Waals surface area contributed by atoms with Crippen molar-refractivity contribution in [3.8, 4) is 0 Å². The number of hydrogen-bond acceptors (Lipinski definition) is 5. The average Bonchev–Trinajstić information content (AvgIpc) is 3.02. The van der Waals surface area contributed by atoms with Crippen molar-refractivity contribution in [1.29, 1.82) is 0 Å². The summed E-state index contributed by atoms with van der Waals surface area (Å²) in [6.45, 7) is 3.27. The fourth-order valence-electron chi connectivity index (χ4n) is 2.70. The maximum atomic E-state index is 5.35. The molecule has 0 bridgehead atoms. The number of nitrogens with zero attached hydrogens (tertiary/aromatic N) is 2. The summed E-state index contributed by atoms with van der Waals surface area (Å²) in [4.78, 5) is 4.53. The van der Waals surface area contributed by atoms with Crippen LogP contribution in [0.3, 0.4) is 0 Å². The predicted molar refractivity (Wildman–Crippen MR) is 63.6 cm³/mol. The lowest BCUT2D eigenvalue weighted by Crippen LogP contribution is -2.27. The van der Waals surface area contributed by atoms with Crippen molar-refractivity contribution in [2.75, 3.05) is 19.6 Å². The Hall–Kier alpha value is -0.940. The van der Waals surface area contributed by atoms with Gasteiger partial charge in [-0.1, -0.05) is 11.6 Å². The van der Waals surface area contributed by atoms with Crippen LogP contribution in [0.25, 0.3) is 0 Å². The van der Waals surface area contributed by atoms with E-state index in [1.54, 1.807) is 0 Å². The molecular weight excluding hydrogens is 216 g/mol. The monoisotopic (exact) mass is 236 g/mol. The van der Waals surface area contributed by atoms with E-state index >= 15 is 0 Å². The third-order valence-corrected chi connectivity index (χ3v) is 3.73. The van der Waals surface area contributed by atoms with Crippen LogP contribution in [-0.2, 0) is 6.42 Å². The van der Waals surface area contributed by atoms with E-state index in [2.05, 4.69) is 20.8 Å². The molecule has 5 heteroatoms. The van der Waals surface area contributed by atoms with E-state index in [9.17, 15) is 0 Å². The van der Waals surface area contributed by atoms with Crippen molar-refractivity contribution in [2.24, 2.45) is 5.92 Å². The zero-order valence-electron chi connectivity index (χ0n) is 10.1. The summed E-state index contributed by atoms with van der Waals surface area (Å²) in [6.07, 6.45) is 5.79. The van der Waals surface area contributed by atoms with E-state index in [-0.39, 0.29) is 0 Å². The zero-order chi connectivity index (χ0) is 11.5. The number of rotatable bonds is 3. The molecule has 0 spiro atoms. The van der Waals surface area contributed by atoms with E-state index in [0.717, 1.165) is 44.2 Å². The Balaban J connectivity index is 1.60. The first-order chi connectivity index (χ1) is 8.42. The first kappa shape index (κ1) is 11.2. The van der Waals surface area contributed by atoms with E-state index in [1.807, 2.05) is 0 Å². The summed E-state index contributed by atoms with van der Waals surface area (Å²) in [5, 5.41) is 10.9. The molecule has 1 aromatic heterocycles. The van der Waals surface area contributed by atoms with Crippen molar-refractivity contribution in [2.45, 2.75) is 38.1 Å². The maximum absolute atomic E-state index is 5.35. The third-order valence-electron chi connectivity index (χ3n) is 3.73. The highest BCUT2D eigenvalue weighted by Crippen LogP contribution is 2.21. The summed E-state index contributed by atoms with van der Waals surface area (Å²) < 4.78 is 5.35. The van der Waals surface area contributed by atoms with Gasteiger partial charge in [0.05, 0.1) is 6.04 Å². The Morgan fingerprint density at radius 2 is 2.24 bits per heavy atom. The van der Waals surface area contributed by atoms with Crippen LogP contribution in [-0.4, -0.2) is 29.8 Å². The van der Waals surface area contributed by atoms with Crippen molar-refractivity contribution >= 4 is 0 Å². The van der Waals surface area contributed by atoms with Crippen LogP contribution in [0.4, 0.5) is 0 Å². The third kappa shape index (κ3) is 2.66.